The third-order valence-electron chi connectivity index (χ3n) is 4.32. The number of fused-ring (bicyclic) bond motifs is 1. The third-order valence-corrected chi connectivity index (χ3v) is 5.58. The second-order valence-corrected chi connectivity index (χ2v) is 7.68. The molecule has 0 spiro atoms. The molecule has 0 saturated heterocycles. The molecule has 0 aliphatic carbocycles. The third kappa shape index (κ3) is 3.74. The molecule has 1 aromatic carbocycles. The molecular weight excluding hydrogens is 416 g/mol. The molecule has 29 heavy (non-hydrogen) atoms. The first-order valence-electron chi connectivity index (χ1n) is 8.61. The van der Waals surface area contributed by atoms with E-state index in [1.807, 2.05) is 0 Å². The zero-order valence-corrected chi connectivity index (χ0v) is 16.8. The zero-order chi connectivity index (χ0) is 20.5. The van der Waals surface area contributed by atoms with E-state index in [0.29, 0.717) is 26.6 Å². The summed E-state index contributed by atoms with van der Waals surface area (Å²) in [7, 11) is 0. The number of anilines is 1. The van der Waals surface area contributed by atoms with Gasteiger partial charge in [0, 0.05) is 11.1 Å². The maximum Gasteiger partial charge on any atom is 0.332 e. The second kappa shape index (κ2) is 7.69. The summed E-state index contributed by atoms with van der Waals surface area (Å²) in [6.07, 6.45) is 0. The summed E-state index contributed by atoms with van der Waals surface area (Å²) in [5, 5.41) is 8.45. The molecular formula is C19H15ClN4O4S. The molecule has 0 bridgehead atoms. The predicted octanol–water partition coefficient (Wildman–Crippen LogP) is 2.86. The number of halogens is 1. The fourth-order valence-corrected chi connectivity index (χ4v) is 4.01. The van der Waals surface area contributed by atoms with Gasteiger partial charge < -0.3 is 9.84 Å². The van der Waals surface area contributed by atoms with Crippen LogP contribution in [0.3, 0.4) is 0 Å². The number of amides is 1. The van der Waals surface area contributed by atoms with Gasteiger partial charge >= 0.3 is 5.69 Å². The molecule has 8 nitrogen and oxygen atoms in total. The van der Waals surface area contributed by atoms with Crippen molar-refractivity contribution in [2.45, 2.75) is 20.0 Å². The van der Waals surface area contributed by atoms with Gasteiger partial charge in [-0.1, -0.05) is 35.0 Å². The summed E-state index contributed by atoms with van der Waals surface area (Å²) in [6, 6.07) is 10.2. The molecule has 0 aliphatic rings. The number of nitrogens with one attached hydrogen (secondary N) is 1. The smallest absolute Gasteiger partial charge is 0.332 e. The van der Waals surface area contributed by atoms with E-state index in [0.717, 1.165) is 4.57 Å². The molecule has 4 rings (SSSR count). The molecule has 0 fully saturated rings. The first-order chi connectivity index (χ1) is 13.9. The van der Waals surface area contributed by atoms with Crippen molar-refractivity contribution in [3.05, 3.63) is 79.0 Å². The SMILES string of the molecule is Cc1cc(NC(=O)Cn2c(=O)n(Cc3ccccc3Cl)c(=O)c3sccc32)no1. The van der Waals surface area contributed by atoms with Gasteiger partial charge in [0.15, 0.2) is 5.82 Å². The van der Waals surface area contributed by atoms with Gasteiger partial charge in [-0.05, 0) is 30.0 Å². The van der Waals surface area contributed by atoms with Gasteiger partial charge in [0.1, 0.15) is 17.0 Å². The number of hydrogen-bond acceptors (Lipinski definition) is 6. The van der Waals surface area contributed by atoms with Gasteiger partial charge in [0.2, 0.25) is 5.91 Å². The fourth-order valence-electron chi connectivity index (χ4n) is 2.97. The highest BCUT2D eigenvalue weighted by Crippen LogP contribution is 2.18. The minimum Gasteiger partial charge on any atom is -0.360 e. The van der Waals surface area contributed by atoms with E-state index >= 15 is 0 Å². The van der Waals surface area contributed by atoms with Crippen LogP contribution < -0.4 is 16.6 Å². The van der Waals surface area contributed by atoms with E-state index in [1.54, 1.807) is 48.7 Å². The van der Waals surface area contributed by atoms with Gasteiger partial charge in [0.05, 0.1) is 12.1 Å². The Hall–Kier alpha value is -3.17. The molecule has 10 heteroatoms. The van der Waals surface area contributed by atoms with Crippen molar-refractivity contribution in [1.82, 2.24) is 14.3 Å². The summed E-state index contributed by atoms with van der Waals surface area (Å²) in [4.78, 5) is 38.4. The van der Waals surface area contributed by atoms with Gasteiger partial charge in [-0.15, -0.1) is 11.3 Å². The van der Waals surface area contributed by atoms with Crippen LogP contribution in [0.4, 0.5) is 5.82 Å². The van der Waals surface area contributed by atoms with E-state index in [4.69, 9.17) is 16.1 Å². The minimum atomic E-state index is -0.590. The van der Waals surface area contributed by atoms with Crippen molar-refractivity contribution in [1.29, 1.82) is 0 Å². The number of aromatic nitrogens is 3. The lowest BCUT2D eigenvalue weighted by Crippen LogP contribution is -2.41. The van der Waals surface area contributed by atoms with Crippen molar-refractivity contribution in [3.8, 4) is 0 Å². The topological polar surface area (TPSA) is 99.1 Å². The summed E-state index contributed by atoms with van der Waals surface area (Å²) in [5.74, 6) is 0.341. The highest BCUT2D eigenvalue weighted by atomic mass is 35.5. The van der Waals surface area contributed by atoms with Gasteiger partial charge in [-0.2, -0.15) is 0 Å². The predicted molar refractivity (Wildman–Crippen MR) is 111 cm³/mol. The quantitative estimate of drug-likeness (QED) is 0.525. The number of hydrogen-bond donors (Lipinski definition) is 1. The molecule has 0 saturated carbocycles. The van der Waals surface area contributed by atoms with Crippen molar-refractivity contribution in [2.24, 2.45) is 0 Å². The molecule has 3 heterocycles. The van der Waals surface area contributed by atoms with Crippen LogP contribution in [0.25, 0.3) is 10.2 Å². The Balaban J connectivity index is 1.74. The first kappa shape index (κ1) is 19.2. The minimum absolute atomic E-state index is 0.00921. The first-order valence-corrected chi connectivity index (χ1v) is 9.87. The highest BCUT2D eigenvalue weighted by molar-refractivity contribution is 7.17. The van der Waals surface area contributed by atoms with Crippen LogP contribution in [0, 0.1) is 6.92 Å². The normalized spacial score (nSPS) is 11.1. The molecule has 0 unspecified atom stereocenters. The summed E-state index contributed by atoms with van der Waals surface area (Å²) < 4.78 is 7.67. The van der Waals surface area contributed by atoms with Crippen molar-refractivity contribution < 1.29 is 9.32 Å². The molecule has 0 atom stereocenters. The fraction of sp³-hybridized carbons (Fsp3) is 0.158. The van der Waals surface area contributed by atoms with Crippen LogP contribution in [-0.4, -0.2) is 20.2 Å². The number of aryl methyl sites for hydroxylation is 1. The Bertz CT molecular complexity index is 1330. The molecule has 1 N–H and O–H groups in total. The Morgan fingerprint density at radius 3 is 2.76 bits per heavy atom. The lowest BCUT2D eigenvalue weighted by Gasteiger charge is -2.12. The number of carbonyl (C=O) groups excluding carboxylic acids is 1. The Morgan fingerprint density at radius 1 is 1.24 bits per heavy atom. The standard InChI is InChI=1S/C19H15ClN4O4S/c1-11-8-15(22-28-11)21-16(25)10-23-14-6-7-29-17(14)18(26)24(19(23)27)9-12-4-2-3-5-13(12)20/h2-8H,9-10H2,1H3,(H,21,22,25). The van der Waals surface area contributed by atoms with Crippen molar-refractivity contribution in [3.63, 3.8) is 0 Å². The van der Waals surface area contributed by atoms with Crippen molar-refractivity contribution in [2.75, 3.05) is 5.32 Å². The average molecular weight is 431 g/mol. The number of carbonyl (C=O) groups is 1. The number of nitrogens with zero attached hydrogens (tertiary/aromatic N) is 3. The number of rotatable bonds is 5. The van der Waals surface area contributed by atoms with E-state index in [-0.39, 0.29) is 18.9 Å². The zero-order valence-electron chi connectivity index (χ0n) is 15.2. The lowest BCUT2D eigenvalue weighted by atomic mass is 10.2. The molecule has 4 aromatic rings. The molecule has 3 aromatic heterocycles. The van der Waals surface area contributed by atoms with E-state index < -0.39 is 17.2 Å². The summed E-state index contributed by atoms with van der Waals surface area (Å²) in [6.45, 7) is 1.43. The molecule has 148 valence electrons. The van der Waals surface area contributed by atoms with Crippen LogP contribution >= 0.6 is 22.9 Å². The molecule has 0 radical (unpaired) electrons. The van der Waals surface area contributed by atoms with Crippen LogP contribution in [0.1, 0.15) is 11.3 Å². The Morgan fingerprint density at radius 2 is 2.03 bits per heavy atom. The lowest BCUT2D eigenvalue weighted by molar-refractivity contribution is -0.116. The monoisotopic (exact) mass is 430 g/mol. The van der Waals surface area contributed by atoms with Crippen LogP contribution in [0.2, 0.25) is 5.02 Å². The molecule has 1 amide bonds. The van der Waals surface area contributed by atoms with E-state index in [9.17, 15) is 14.4 Å². The van der Waals surface area contributed by atoms with Crippen LogP contribution in [0.15, 0.2) is 55.9 Å². The van der Waals surface area contributed by atoms with Crippen LogP contribution in [-0.2, 0) is 17.9 Å². The van der Waals surface area contributed by atoms with Crippen LogP contribution in [0.5, 0.6) is 0 Å². The van der Waals surface area contributed by atoms with Gasteiger partial charge in [0.25, 0.3) is 5.56 Å². The van der Waals surface area contributed by atoms with E-state index in [1.165, 1.54) is 15.9 Å². The van der Waals surface area contributed by atoms with Crippen molar-refractivity contribution >= 4 is 44.9 Å². The number of thiophene rings is 1. The Kier molecular flexibility index (Phi) is 5.08. The second-order valence-electron chi connectivity index (χ2n) is 6.36. The summed E-state index contributed by atoms with van der Waals surface area (Å²) >= 11 is 7.41. The molecule has 0 aliphatic heterocycles. The largest absolute Gasteiger partial charge is 0.360 e. The van der Waals surface area contributed by atoms with E-state index in [2.05, 4.69) is 10.5 Å². The summed E-state index contributed by atoms with van der Waals surface area (Å²) in [5.41, 5.74) is 0.0428. The Labute approximate surface area is 172 Å². The maximum absolute atomic E-state index is 13.1. The van der Waals surface area contributed by atoms with Gasteiger partial charge in [-0.3, -0.25) is 18.7 Å². The average Bonchev–Trinajstić information content (AvgIpc) is 3.33. The maximum atomic E-state index is 13.1. The highest BCUT2D eigenvalue weighted by Gasteiger charge is 2.18. The van der Waals surface area contributed by atoms with Gasteiger partial charge in [-0.25, -0.2) is 4.79 Å². The number of benzene rings is 1.